The van der Waals surface area contributed by atoms with Crippen LogP contribution in [0.15, 0.2) is 48.8 Å². The van der Waals surface area contributed by atoms with Crippen molar-refractivity contribution < 1.29 is 4.79 Å². The third-order valence-corrected chi connectivity index (χ3v) is 3.76. The first-order chi connectivity index (χ1) is 9.17. The predicted molar refractivity (Wildman–Crippen MR) is 74.4 cm³/mol. The van der Waals surface area contributed by atoms with Crippen LogP contribution in [0, 0.1) is 0 Å². The first-order valence-corrected chi connectivity index (χ1v) is 6.49. The molecule has 19 heavy (non-hydrogen) atoms. The van der Waals surface area contributed by atoms with Crippen LogP contribution >= 0.6 is 0 Å². The van der Waals surface area contributed by atoms with Crippen molar-refractivity contribution in [2.75, 3.05) is 0 Å². The molecular weight excluding hydrogens is 236 g/mol. The van der Waals surface area contributed by atoms with Crippen LogP contribution in [0.3, 0.4) is 0 Å². The number of rotatable bonds is 2. The Hall–Kier alpha value is -2.16. The van der Waals surface area contributed by atoms with E-state index in [0.29, 0.717) is 6.42 Å². The Morgan fingerprint density at radius 3 is 2.74 bits per heavy atom. The van der Waals surface area contributed by atoms with Crippen molar-refractivity contribution in [3.8, 4) is 11.1 Å². The molecule has 1 amide bonds. The second kappa shape index (κ2) is 4.50. The molecule has 1 aromatic carbocycles. The molecular formula is C16H16N2O. The smallest absolute Gasteiger partial charge is 0.220 e. The molecule has 1 aliphatic rings. The van der Waals surface area contributed by atoms with Gasteiger partial charge in [0.15, 0.2) is 0 Å². The van der Waals surface area contributed by atoms with Gasteiger partial charge in [-0.15, -0.1) is 0 Å². The van der Waals surface area contributed by atoms with E-state index in [1.165, 1.54) is 0 Å². The normalized spacial score (nSPS) is 22.3. The molecule has 1 unspecified atom stereocenters. The minimum absolute atomic E-state index is 0.134. The van der Waals surface area contributed by atoms with Gasteiger partial charge in [-0.25, -0.2) is 0 Å². The Bertz CT molecular complexity index is 609. The fraction of sp³-hybridized carbons (Fsp3) is 0.250. The highest BCUT2D eigenvalue weighted by Crippen LogP contribution is 2.32. The summed E-state index contributed by atoms with van der Waals surface area (Å²) in [5, 5.41) is 3.07. The van der Waals surface area contributed by atoms with Gasteiger partial charge in [-0.05, 0) is 42.2 Å². The molecule has 1 aromatic heterocycles. The lowest BCUT2D eigenvalue weighted by Crippen LogP contribution is -2.35. The number of carbonyl (C=O) groups excluding carboxylic acids is 1. The first kappa shape index (κ1) is 11.9. The van der Waals surface area contributed by atoms with Crippen molar-refractivity contribution >= 4 is 5.91 Å². The van der Waals surface area contributed by atoms with Crippen molar-refractivity contribution in [1.29, 1.82) is 0 Å². The second-order valence-electron chi connectivity index (χ2n) is 5.20. The molecule has 0 aliphatic carbocycles. The highest BCUT2D eigenvalue weighted by atomic mass is 16.2. The molecule has 0 bridgehead atoms. The number of benzene rings is 1. The van der Waals surface area contributed by atoms with Gasteiger partial charge < -0.3 is 5.32 Å². The Morgan fingerprint density at radius 1 is 1.21 bits per heavy atom. The highest BCUT2D eigenvalue weighted by Gasteiger charge is 2.34. The largest absolute Gasteiger partial charge is 0.347 e. The summed E-state index contributed by atoms with van der Waals surface area (Å²) in [6.07, 6.45) is 5.08. The van der Waals surface area contributed by atoms with Crippen molar-refractivity contribution in [1.82, 2.24) is 10.3 Å². The third-order valence-electron chi connectivity index (χ3n) is 3.76. The van der Waals surface area contributed by atoms with Crippen molar-refractivity contribution in [2.45, 2.75) is 25.3 Å². The van der Waals surface area contributed by atoms with Crippen LogP contribution in [-0.2, 0) is 10.3 Å². The zero-order chi connectivity index (χ0) is 13.3. The lowest BCUT2D eigenvalue weighted by Gasteiger charge is -2.25. The van der Waals surface area contributed by atoms with Crippen molar-refractivity contribution in [3.63, 3.8) is 0 Å². The monoisotopic (exact) mass is 252 g/mol. The van der Waals surface area contributed by atoms with Gasteiger partial charge in [-0.1, -0.05) is 24.3 Å². The quantitative estimate of drug-likeness (QED) is 0.893. The number of pyridine rings is 1. The molecule has 1 fully saturated rings. The van der Waals surface area contributed by atoms with E-state index in [2.05, 4.69) is 35.4 Å². The molecule has 2 aromatic rings. The second-order valence-corrected chi connectivity index (χ2v) is 5.20. The van der Waals surface area contributed by atoms with Gasteiger partial charge in [0.1, 0.15) is 0 Å². The molecule has 1 saturated heterocycles. The van der Waals surface area contributed by atoms with E-state index in [0.717, 1.165) is 23.1 Å². The maximum Gasteiger partial charge on any atom is 0.220 e. The average Bonchev–Trinajstić information content (AvgIpc) is 2.81. The molecule has 3 nitrogen and oxygen atoms in total. The Balaban J connectivity index is 1.99. The number of hydrogen-bond donors (Lipinski definition) is 1. The first-order valence-electron chi connectivity index (χ1n) is 6.49. The molecule has 0 saturated carbocycles. The molecule has 0 radical (unpaired) electrons. The summed E-state index contributed by atoms with van der Waals surface area (Å²) >= 11 is 0. The van der Waals surface area contributed by atoms with Crippen LogP contribution in [-0.4, -0.2) is 10.9 Å². The Morgan fingerprint density at radius 2 is 2.05 bits per heavy atom. The summed E-state index contributed by atoms with van der Waals surface area (Å²) in [5.41, 5.74) is 3.14. The lowest BCUT2D eigenvalue weighted by atomic mass is 9.89. The molecule has 96 valence electrons. The maximum absolute atomic E-state index is 11.5. The number of nitrogens with zero attached hydrogens (tertiary/aromatic N) is 1. The highest BCUT2D eigenvalue weighted by molar-refractivity contribution is 5.80. The molecule has 3 heteroatoms. The van der Waals surface area contributed by atoms with Crippen LogP contribution in [0.1, 0.15) is 25.3 Å². The molecule has 2 heterocycles. The van der Waals surface area contributed by atoms with Gasteiger partial charge in [-0.2, -0.15) is 0 Å². The van der Waals surface area contributed by atoms with Gasteiger partial charge in [-0.3, -0.25) is 9.78 Å². The number of aromatic nitrogens is 1. The van der Waals surface area contributed by atoms with E-state index in [4.69, 9.17) is 0 Å². The minimum Gasteiger partial charge on any atom is -0.347 e. The van der Waals surface area contributed by atoms with Gasteiger partial charge in [0.05, 0.1) is 5.54 Å². The Kier molecular flexibility index (Phi) is 2.82. The number of carbonyl (C=O) groups is 1. The van der Waals surface area contributed by atoms with E-state index in [1.54, 1.807) is 6.20 Å². The van der Waals surface area contributed by atoms with Crippen LogP contribution in [0.5, 0.6) is 0 Å². The molecule has 1 N–H and O–H groups in total. The van der Waals surface area contributed by atoms with E-state index in [9.17, 15) is 4.79 Å². The van der Waals surface area contributed by atoms with E-state index in [-0.39, 0.29) is 11.4 Å². The molecule has 0 spiro atoms. The van der Waals surface area contributed by atoms with E-state index < -0.39 is 0 Å². The van der Waals surface area contributed by atoms with E-state index in [1.807, 2.05) is 24.4 Å². The number of amides is 1. The van der Waals surface area contributed by atoms with Crippen LogP contribution in [0.2, 0.25) is 0 Å². The third kappa shape index (κ3) is 2.24. The Labute approximate surface area is 112 Å². The summed E-state index contributed by atoms with van der Waals surface area (Å²) < 4.78 is 0. The summed E-state index contributed by atoms with van der Waals surface area (Å²) in [5.74, 6) is 0.134. The van der Waals surface area contributed by atoms with Gasteiger partial charge >= 0.3 is 0 Å². The minimum atomic E-state index is -0.241. The number of hydrogen-bond acceptors (Lipinski definition) is 2. The van der Waals surface area contributed by atoms with Crippen molar-refractivity contribution in [2.24, 2.45) is 0 Å². The molecule has 1 atom stereocenters. The van der Waals surface area contributed by atoms with Gasteiger partial charge in [0.2, 0.25) is 5.91 Å². The molecule has 1 aliphatic heterocycles. The SMILES string of the molecule is CC1(c2cccc(-c3cccnc3)c2)CCC(=O)N1. The predicted octanol–water partition coefficient (Wildman–Crippen LogP) is 2.87. The number of nitrogens with one attached hydrogen (secondary N) is 1. The fourth-order valence-electron chi connectivity index (χ4n) is 2.59. The van der Waals surface area contributed by atoms with Gasteiger partial charge in [0, 0.05) is 18.8 Å². The molecule has 3 rings (SSSR count). The maximum atomic E-state index is 11.5. The summed E-state index contributed by atoms with van der Waals surface area (Å²) in [4.78, 5) is 15.6. The summed E-state index contributed by atoms with van der Waals surface area (Å²) in [6.45, 7) is 2.08. The summed E-state index contributed by atoms with van der Waals surface area (Å²) in [6, 6.07) is 12.3. The van der Waals surface area contributed by atoms with Crippen LogP contribution in [0.25, 0.3) is 11.1 Å². The van der Waals surface area contributed by atoms with Crippen LogP contribution < -0.4 is 5.32 Å². The standard InChI is InChI=1S/C16H16N2O/c1-16(8-7-15(19)18-16)14-6-2-4-12(10-14)13-5-3-9-17-11-13/h2-6,9-11H,7-8H2,1H3,(H,18,19). The lowest BCUT2D eigenvalue weighted by molar-refractivity contribution is -0.119. The topological polar surface area (TPSA) is 42.0 Å². The zero-order valence-corrected chi connectivity index (χ0v) is 10.9. The summed E-state index contributed by atoms with van der Waals surface area (Å²) in [7, 11) is 0. The average molecular weight is 252 g/mol. The van der Waals surface area contributed by atoms with E-state index >= 15 is 0 Å². The fourth-order valence-corrected chi connectivity index (χ4v) is 2.59. The van der Waals surface area contributed by atoms with Crippen molar-refractivity contribution in [3.05, 3.63) is 54.4 Å². The van der Waals surface area contributed by atoms with Crippen LogP contribution in [0.4, 0.5) is 0 Å². The van der Waals surface area contributed by atoms with Gasteiger partial charge in [0.25, 0.3) is 0 Å². The zero-order valence-electron chi connectivity index (χ0n) is 10.9.